The largest absolute Gasteiger partial charge is 0.489 e. The molecule has 10 heteroatoms. The molecule has 1 aromatic heterocycles. The van der Waals surface area contributed by atoms with Gasteiger partial charge in [-0.05, 0) is 43.9 Å². The summed E-state index contributed by atoms with van der Waals surface area (Å²) in [4.78, 5) is 4.30. The number of unbranched alkanes of at least 4 members (excludes halogenated alkanes) is 3. The van der Waals surface area contributed by atoms with E-state index in [0.29, 0.717) is 13.0 Å². The standard InChI is InChI=1S/C22H28F3N5O2/c1-2-3-4-5-6-7-13-31-18-11-10-15(14-16(18)22(23,24)25)19-28-20(32-29-19)17-9-8-12-30(17)21(26)27/h6-7,10-11,14,17H,2-5,8-9,12-13H2,1H3,(H3,26,27)/p+1/t17-/m0/s1. The molecule has 1 saturated heterocycles. The molecule has 1 atom stereocenters. The zero-order valence-corrected chi connectivity index (χ0v) is 18.1. The Labute approximate surface area is 184 Å². The number of hydrogen-bond donors (Lipinski definition) is 2. The number of nitrogens with zero attached hydrogens (tertiary/aromatic N) is 3. The molecule has 0 radical (unpaired) electrons. The Balaban J connectivity index is 1.76. The summed E-state index contributed by atoms with van der Waals surface area (Å²) < 4.78 is 53.4. The maximum absolute atomic E-state index is 13.7. The number of hydrogen-bond acceptors (Lipinski definition) is 4. The van der Waals surface area contributed by atoms with E-state index in [9.17, 15) is 13.2 Å². The molecular formula is C22H29F3N5O2+. The molecule has 3 rings (SSSR count). The molecule has 1 fully saturated rings. The van der Waals surface area contributed by atoms with Gasteiger partial charge in [-0.25, -0.2) is 0 Å². The Hall–Kier alpha value is -3.04. The minimum atomic E-state index is -4.59. The first-order valence-electron chi connectivity index (χ1n) is 10.8. The highest BCUT2D eigenvalue weighted by molar-refractivity contribution is 5.70. The highest BCUT2D eigenvalue weighted by atomic mass is 19.4. The smallest absolute Gasteiger partial charge is 0.419 e. The molecule has 0 amide bonds. The molecule has 0 aliphatic carbocycles. The first kappa shape index (κ1) is 23.6. The first-order valence-corrected chi connectivity index (χ1v) is 10.8. The normalized spacial score (nSPS) is 16.8. The van der Waals surface area contributed by atoms with Gasteiger partial charge in [0, 0.05) is 5.56 Å². The number of ether oxygens (including phenoxy) is 1. The monoisotopic (exact) mass is 452 g/mol. The molecule has 32 heavy (non-hydrogen) atoms. The van der Waals surface area contributed by atoms with Gasteiger partial charge in [-0.3, -0.25) is 16.0 Å². The second kappa shape index (κ2) is 10.5. The minimum absolute atomic E-state index is 0.0649. The third-order valence-electron chi connectivity index (χ3n) is 5.33. The second-order valence-corrected chi connectivity index (χ2v) is 7.72. The van der Waals surface area contributed by atoms with E-state index in [0.717, 1.165) is 38.2 Å². The molecule has 4 N–H and O–H groups in total. The van der Waals surface area contributed by atoms with Crippen LogP contribution in [0.1, 0.15) is 62.9 Å². The van der Waals surface area contributed by atoms with Gasteiger partial charge in [-0.1, -0.05) is 37.1 Å². The van der Waals surface area contributed by atoms with Crippen LogP contribution in [0.2, 0.25) is 0 Å². The summed E-state index contributed by atoms with van der Waals surface area (Å²) in [7, 11) is 0. The van der Waals surface area contributed by atoms with E-state index in [-0.39, 0.29) is 41.6 Å². The van der Waals surface area contributed by atoms with Crippen LogP contribution in [0.3, 0.4) is 0 Å². The number of alkyl halides is 3. The van der Waals surface area contributed by atoms with Crippen molar-refractivity contribution >= 4 is 5.96 Å². The van der Waals surface area contributed by atoms with Crippen molar-refractivity contribution in [2.75, 3.05) is 13.2 Å². The van der Waals surface area contributed by atoms with Crippen molar-refractivity contribution in [2.45, 2.75) is 57.7 Å². The molecule has 1 aliphatic rings. The number of rotatable bonds is 9. The molecule has 1 aliphatic heterocycles. The summed E-state index contributed by atoms with van der Waals surface area (Å²) in [5.74, 6) is 0.242. The van der Waals surface area contributed by atoms with Crippen LogP contribution in [-0.2, 0) is 6.18 Å². The lowest BCUT2D eigenvalue weighted by Crippen LogP contribution is -2.35. The van der Waals surface area contributed by atoms with Gasteiger partial charge < -0.3 is 9.26 Å². The molecule has 7 nitrogen and oxygen atoms in total. The SMILES string of the molecule is CCCCCC=CCOc1ccc(-c2noc([C@@H]3CCC[N+]3=C(N)N)n2)cc1C(F)(F)F. The van der Waals surface area contributed by atoms with Gasteiger partial charge in [0.1, 0.15) is 12.4 Å². The lowest BCUT2D eigenvalue weighted by Gasteiger charge is -2.14. The Morgan fingerprint density at radius 2 is 2.09 bits per heavy atom. The van der Waals surface area contributed by atoms with E-state index >= 15 is 0 Å². The van der Waals surface area contributed by atoms with Crippen LogP contribution >= 0.6 is 0 Å². The number of allylic oxidation sites excluding steroid dienone is 1. The molecule has 0 bridgehead atoms. The van der Waals surface area contributed by atoms with Crippen LogP contribution in [0.5, 0.6) is 5.75 Å². The van der Waals surface area contributed by atoms with Gasteiger partial charge >= 0.3 is 12.1 Å². The van der Waals surface area contributed by atoms with E-state index in [1.807, 2.05) is 6.08 Å². The third kappa shape index (κ3) is 5.80. The third-order valence-corrected chi connectivity index (χ3v) is 5.33. The average molecular weight is 453 g/mol. The Kier molecular flexibility index (Phi) is 7.76. The van der Waals surface area contributed by atoms with Crippen LogP contribution in [0.4, 0.5) is 13.2 Å². The zero-order valence-electron chi connectivity index (χ0n) is 18.1. The molecule has 0 unspecified atom stereocenters. The molecule has 2 aromatic rings. The van der Waals surface area contributed by atoms with Crippen LogP contribution in [-0.4, -0.2) is 33.8 Å². The van der Waals surface area contributed by atoms with Crippen LogP contribution in [0.15, 0.2) is 34.9 Å². The van der Waals surface area contributed by atoms with E-state index in [2.05, 4.69) is 17.1 Å². The van der Waals surface area contributed by atoms with E-state index in [1.54, 1.807) is 10.7 Å². The van der Waals surface area contributed by atoms with E-state index < -0.39 is 11.7 Å². The van der Waals surface area contributed by atoms with Crippen molar-refractivity contribution in [3.63, 3.8) is 0 Å². The summed E-state index contributed by atoms with van der Waals surface area (Å²) in [6.45, 7) is 2.83. The fraction of sp³-hybridized carbons (Fsp3) is 0.500. The highest BCUT2D eigenvalue weighted by Crippen LogP contribution is 2.39. The Morgan fingerprint density at radius 3 is 2.81 bits per heavy atom. The van der Waals surface area contributed by atoms with Crippen molar-refractivity contribution in [2.24, 2.45) is 11.5 Å². The molecule has 2 heterocycles. The lowest BCUT2D eigenvalue weighted by atomic mass is 10.1. The molecule has 1 aromatic carbocycles. The van der Waals surface area contributed by atoms with Gasteiger partial charge in [0.25, 0.3) is 5.89 Å². The number of nitrogens with two attached hydrogens (primary N) is 2. The first-order chi connectivity index (χ1) is 15.3. The maximum atomic E-state index is 13.7. The predicted octanol–water partition coefficient (Wildman–Crippen LogP) is 4.39. The van der Waals surface area contributed by atoms with Gasteiger partial charge in [0.2, 0.25) is 5.82 Å². The fourth-order valence-electron chi connectivity index (χ4n) is 3.67. The van der Waals surface area contributed by atoms with Gasteiger partial charge in [-0.15, -0.1) is 0 Å². The van der Waals surface area contributed by atoms with Gasteiger partial charge in [0.05, 0.1) is 12.1 Å². The Morgan fingerprint density at radius 1 is 1.28 bits per heavy atom. The molecule has 0 spiro atoms. The van der Waals surface area contributed by atoms with Crippen molar-refractivity contribution in [1.82, 2.24) is 10.1 Å². The summed E-state index contributed by atoms with van der Waals surface area (Å²) in [5.41, 5.74) is 10.7. The molecular weight excluding hydrogens is 423 g/mol. The van der Waals surface area contributed by atoms with Crippen molar-refractivity contribution in [3.05, 3.63) is 41.8 Å². The van der Waals surface area contributed by atoms with Crippen LogP contribution in [0.25, 0.3) is 11.4 Å². The van der Waals surface area contributed by atoms with Crippen molar-refractivity contribution in [3.8, 4) is 17.1 Å². The summed E-state index contributed by atoms with van der Waals surface area (Å²) >= 11 is 0. The van der Waals surface area contributed by atoms with Gasteiger partial charge in [-0.2, -0.15) is 18.2 Å². The summed E-state index contributed by atoms with van der Waals surface area (Å²) in [5, 5.41) is 3.87. The number of aromatic nitrogens is 2. The van der Waals surface area contributed by atoms with Crippen LogP contribution < -0.4 is 16.2 Å². The fourth-order valence-corrected chi connectivity index (χ4v) is 3.67. The van der Waals surface area contributed by atoms with Crippen molar-refractivity contribution in [1.29, 1.82) is 0 Å². The number of guanidine groups is 1. The quantitative estimate of drug-likeness (QED) is 0.253. The average Bonchev–Trinajstić information content (AvgIpc) is 3.42. The van der Waals surface area contributed by atoms with E-state index in [1.165, 1.54) is 12.1 Å². The number of halogens is 3. The van der Waals surface area contributed by atoms with Crippen molar-refractivity contribution < 1.29 is 27.0 Å². The summed E-state index contributed by atoms with van der Waals surface area (Å²) in [6, 6.07) is 3.47. The zero-order chi connectivity index (χ0) is 23.1. The predicted molar refractivity (Wildman–Crippen MR) is 114 cm³/mol. The van der Waals surface area contributed by atoms with Gasteiger partial charge in [0.15, 0.2) is 6.04 Å². The second-order valence-electron chi connectivity index (χ2n) is 7.72. The highest BCUT2D eigenvalue weighted by Gasteiger charge is 2.36. The minimum Gasteiger partial charge on any atom is -0.489 e. The number of benzene rings is 1. The lowest BCUT2D eigenvalue weighted by molar-refractivity contribution is -0.555. The molecule has 174 valence electrons. The van der Waals surface area contributed by atoms with Crippen LogP contribution in [0, 0.1) is 0 Å². The molecule has 0 saturated carbocycles. The van der Waals surface area contributed by atoms with E-state index in [4.69, 9.17) is 20.7 Å². The Bertz CT molecular complexity index is 965. The topological polar surface area (TPSA) is 103 Å². The summed E-state index contributed by atoms with van der Waals surface area (Å²) in [6.07, 6.45) is 4.81. The maximum Gasteiger partial charge on any atom is 0.419 e.